The van der Waals surface area contributed by atoms with E-state index in [9.17, 15) is 9.59 Å². The predicted octanol–water partition coefficient (Wildman–Crippen LogP) is 0.888. The Morgan fingerprint density at radius 2 is 2.05 bits per heavy atom. The van der Waals surface area contributed by atoms with Gasteiger partial charge in [0.25, 0.3) is 11.5 Å². The summed E-state index contributed by atoms with van der Waals surface area (Å²) in [5.74, 6) is 0.185. The molecule has 1 aliphatic heterocycles. The van der Waals surface area contributed by atoms with Gasteiger partial charge in [-0.15, -0.1) is 0 Å². The van der Waals surface area contributed by atoms with Crippen LogP contribution in [-0.2, 0) is 0 Å². The molecule has 7 nitrogen and oxygen atoms in total. The smallest absolute Gasteiger partial charge is 0.274 e. The molecule has 3 heterocycles. The summed E-state index contributed by atoms with van der Waals surface area (Å²) in [6, 6.07) is 2.77. The fourth-order valence-corrected chi connectivity index (χ4v) is 2.68. The van der Waals surface area contributed by atoms with Gasteiger partial charge >= 0.3 is 0 Å². The average molecular weight is 299 g/mol. The highest BCUT2D eigenvalue weighted by atomic mass is 16.2. The average Bonchev–Trinajstić information content (AvgIpc) is 2.55. The third kappa shape index (κ3) is 3.03. The van der Waals surface area contributed by atoms with E-state index in [-0.39, 0.29) is 17.2 Å². The number of rotatable bonds is 2. The summed E-state index contributed by atoms with van der Waals surface area (Å²) in [6.45, 7) is 3.23. The number of H-pyrrole nitrogens is 1. The van der Waals surface area contributed by atoms with Crippen LogP contribution in [0.4, 0.5) is 0 Å². The van der Waals surface area contributed by atoms with Crippen LogP contribution in [0.15, 0.2) is 29.3 Å². The third-order valence-electron chi connectivity index (χ3n) is 3.87. The zero-order valence-electron chi connectivity index (χ0n) is 12.3. The first kappa shape index (κ1) is 14.4. The second-order valence-corrected chi connectivity index (χ2v) is 5.46. The summed E-state index contributed by atoms with van der Waals surface area (Å²) in [4.78, 5) is 33.8. The minimum absolute atomic E-state index is 0.148. The van der Waals surface area contributed by atoms with Crippen molar-refractivity contribution in [3.05, 3.63) is 52.0 Å². The van der Waals surface area contributed by atoms with Crippen molar-refractivity contribution >= 4 is 5.91 Å². The van der Waals surface area contributed by atoms with Crippen LogP contribution in [0, 0.1) is 6.92 Å². The molecule has 0 bridgehead atoms. The summed E-state index contributed by atoms with van der Waals surface area (Å²) in [5, 5.41) is 6.08. The Hall–Kier alpha value is -2.57. The van der Waals surface area contributed by atoms with E-state index in [1.54, 1.807) is 17.3 Å². The van der Waals surface area contributed by atoms with Gasteiger partial charge in [-0.1, -0.05) is 0 Å². The summed E-state index contributed by atoms with van der Waals surface area (Å²) in [7, 11) is 0. The van der Waals surface area contributed by atoms with Gasteiger partial charge in [0.15, 0.2) is 0 Å². The zero-order chi connectivity index (χ0) is 15.5. The van der Waals surface area contributed by atoms with Gasteiger partial charge in [0, 0.05) is 37.5 Å². The van der Waals surface area contributed by atoms with E-state index in [1.165, 1.54) is 12.1 Å². The Morgan fingerprint density at radius 1 is 1.27 bits per heavy atom. The molecule has 114 valence electrons. The minimum atomic E-state index is -0.312. The van der Waals surface area contributed by atoms with E-state index in [0.717, 1.165) is 24.2 Å². The van der Waals surface area contributed by atoms with Crippen molar-refractivity contribution < 1.29 is 4.79 Å². The molecule has 0 unspecified atom stereocenters. The maximum absolute atomic E-state index is 12.3. The number of aromatic nitrogens is 4. The van der Waals surface area contributed by atoms with Crippen LogP contribution < -0.4 is 5.56 Å². The van der Waals surface area contributed by atoms with Crippen molar-refractivity contribution in [2.75, 3.05) is 13.1 Å². The lowest BCUT2D eigenvalue weighted by atomic mass is 9.93. The van der Waals surface area contributed by atoms with Crippen molar-refractivity contribution in [1.29, 1.82) is 0 Å². The van der Waals surface area contributed by atoms with Crippen LogP contribution in [-0.4, -0.2) is 44.1 Å². The number of aryl methyl sites for hydroxylation is 1. The van der Waals surface area contributed by atoms with E-state index in [1.807, 2.05) is 6.92 Å². The number of amides is 1. The molecule has 7 heteroatoms. The SMILES string of the molecule is Cc1cncc(C2CCN(C(=O)c3ccc(=O)[nH]n3)CC2)n1. The molecule has 0 aromatic carbocycles. The first-order valence-corrected chi connectivity index (χ1v) is 7.27. The number of nitrogens with zero attached hydrogens (tertiary/aromatic N) is 4. The lowest BCUT2D eigenvalue weighted by molar-refractivity contribution is 0.0704. The highest BCUT2D eigenvalue weighted by molar-refractivity contribution is 5.92. The first-order valence-electron chi connectivity index (χ1n) is 7.27. The lowest BCUT2D eigenvalue weighted by Crippen LogP contribution is -2.38. The number of hydrogen-bond acceptors (Lipinski definition) is 5. The molecule has 1 N–H and O–H groups in total. The molecule has 1 aliphatic rings. The maximum atomic E-state index is 12.3. The second kappa shape index (κ2) is 6.05. The highest BCUT2D eigenvalue weighted by Crippen LogP contribution is 2.26. The maximum Gasteiger partial charge on any atom is 0.274 e. The quantitative estimate of drug-likeness (QED) is 0.889. The van der Waals surface area contributed by atoms with E-state index in [0.29, 0.717) is 19.0 Å². The van der Waals surface area contributed by atoms with E-state index >= 15 is 0 Å². The van der Waals surface area contributed by atoms with Crippen molar-refractivity contribution in [2.45, 2.75) is 25.7 Å². The van der Waals surface area contributed by atoms with Gasteiger partial charge in [-0.2, -0.15) is 5.10 Å². The van der Waals surface area contributed by atoms with E-state index in [2.05, 4.69) is 20.2 Å². The third-order valence-corrected chi connectivity index (χ3v) is 3.87. The Bertz CT molecular complexity index is 714. The molecule has 0 aliphatic carbocycles. The zero-order valence-corrected chi connectivity index (χ0v) is 12.3. The minimum Gasteiger partial charge on any atom is -0.337 e. The van der Waals surface area contributed by atoms with Crippen LogP contribution in [0.3, 0.4) is 0 Å². The molecule has 2 aromatic heterocycles. The monoisotopic (exact) mass is 299 g/mol. The summed E-state index contributed by atoms with van der Waals surface area (Å²) >= 11 is 0. The number of nitrogens with one attached hydrogen (secondary N) is 1. The lowest BCUT2D eigenvalue weighted by Gasteiger charge is -2.31. The Morgan fingerprint density at radius 3 is 2.68 bits per heavy atom. The molecule has 22 heavy (non-hydrogen) atoms. The van der Waals surface area contributed by atoms with Crippen molar-refractivity contribution in [2.24, 2.45) is 0 Å². The predicted molar refractivity (Wildman–Crippen MR) is 79.5 cm³/mol. The standard InChI is InChI=1S/C15H17N5O2/c1-10-8-16-9-13(17-10)11-4-6-20(7-5-11)15(22)12-2-3-14(21)19-18-12/h2-3,8-9,11H,4-7H2,1H3,(H,19,21). The number of hydrogen-bond donors (Lipinski definition) is 1. The topological polar surface area (TPSA) is 91.8 Å². The molecular formula is C15H17N5O2. The fraction of sp³-hybridized carbons (Fsp3) is 0.400. The Balaban J connectivity index is 1.65. The summed E-state index contributed by atoms with van der Waals surface area (Å²) in [6.07, 6.45) is 5.25. The number of aromatic amines is 1. The molecule has 0 saturated carbocycles. The van der Waals surface area contributed by atoms with Crippen molar-refractivity contribution in [1.82, 2.24) is 25.1 Å². The number of carbonyl (C=O) groups is 1. The molecule has 0 atom stereocenters. The largest absolute Gasteiger partial charge is 0.337 e. The van der Waals surface area contributed by atoms with Gasteiger partial charge in [-0.05, 0) is 25.8 Å². The van der Waals surface area contributed by atoms with E-state index in [4.69, 9.17) is 0 Å². The Kier molecular flexibility index (Phi) is 3.95. The molecular weight excluding hydrogens is 282 g/mol. The summed E-state index contributed by atoms with van der Waals surface area (Å²) < 4.78 is 0. The fourth-order valence-electron chi connectivity index (χ4n) is 2.68. The molecule has 1 amide bonds. The molecule has 1 fully saturated rings. The van der Waals surface area contributed by atoms with E-state index < -0.39 is 0 Å². The number of piperidine rings is 1. The van der Waals surface area contributed by atoms with Crippen LogP contribution in [0.1, 0.15) is 40.6 Å². The molecule has 2 aromatic rings. The molecule has 0 radical (unpaired) electrons. The first-order chi connectivity index (χ1) is 10.6. The van der Waals surface area contributed by atoms with Crippen molar-refractivity contribution in [3.8, 4) is 0 Å². The van der Waals surface area contributed by atoms with Crippen LogP contribution in [0.5, 0.6) is 0 Å². The van der Waals surface area contributed by atoms with Crippen LogP contribution >= 0.6 is 0 Å². The van der Waals surface area contributed by atoms with Crippen LogP contribution in [0.2, 0.25) is 0 Å². The highest BCUT2D eigenvalue weighted by Gasteiger charge is 2.26. The summed E-state index contributed by atoms with van der Waals surface area (Å²) in [5.41, 5.74) is 1.87. The van der Waals surface area contributed by atoms with Gasteiger partial charge in [-0.25, -0.2) is 5.10 Å². The van der Waals surface area contributed by atoms with Crippen molar-refractivity contribution in [3.63, 3.8) is 0 Å². The number of carbonyl (C=O) groups excluding carboxylic acids is 1. The second-order valence-electron chi connectivity index (χ2n) is 5.46. The van der Waals surface area contributed by atoms with Gasteiger partial charge in [0.05, 0.1) is 11.4 Å². The normalized spacial score (nSPS) is 15.8. The molecule has 0 spiro atoms. The molecule has 3 rings (SSSR count). The van der Waals surface area contributed by atoms with Crippen LogP contribution in [0.25, 0.3) is 0 Å². The van der Waals surface area contributed by atoms with Gasteiger partial charge in [0.2, 0.25) is 0 Å². The molecule has 1 saturated heterocycles. The van der Waals surface area contributed by atoms with Gasteiger partial charge < -0.3 is 4.90 Å². The Labute approximate surface area is 127 Å². The number of likely N-dealkylation sites (tertiary alicyclic amines) is 1. The van der Waals surface area contributed by atoms with Gasteiger partial charge in [-0.3, -0.25) is 19.6 Å². The van der Waals surface area contributed by atoms with Gasteiger partial charge in [0.1, 0.15) is 5.69 Å².